The third-order valence-corrected chi connectivity index (χ3v) is 2.98. The number of methoxy groups -OCH3 is 2. The van der Waals surface area contributed by atoms with E-state index in [1.807, 2.05) is 32.0 Å². The average molecular weight is 280 g/mol. The fourth-order valence-electron chi connectivity index (χ4n) is 1.93. The Kier molecular flexibility index (Phi) is 6.31. The van der Waals surface area contributed by atoms with Crippen molar-refractivity contribution in [2.75, 3.05) is 14.2 Å². The number of amides is 1. The molecular weight excluding hydrogens is 256 g/mol. The number of hydrogen-bond donors (Lipinski definition) is 2. The first-order valence-electron chi connectivity index (χ1n) is 6.72. The van der Waals surface area contributed by atoms with Crippen molar-refractivity contribution in [2.24, 2.45) is 11.7 Å². The van der Waals surface area contributed by atoms with Gasteiger partial charge in [-0.1, -0.05) is 19.9 Å². The number of rotatable bonds is 7. The molecule has 0 fully saturated rings. The first-order valence-corrected chi connectivity index (χ1v) is 6.72. The van der Waals surface area contributed by atoms with E-state index in [0.717, 1.165) is 5.56 Å². The van der Waals surface area contributed by atoms with Gasteiger partial charge in [0.2, 0.25) is 5.91 Å². The van der Waals surface area contributed by atoms with Crippen LogP contribution in [0.4, 0.5) is 0 Å². The molecule has 0 saturated heterocycles. The summed E-state index contributed by atoms with van der Waals surface area (Å²) in [6.07, 6.45) is 0.678. The lowest BCUT2D eigenvalue weighted by Crippen LogP contribution is -2.41. The van der Waals surface area contributed by atoms with Crippen molar-refractivity contribution in [2.45, 2.75) is 32.9 Å². The maximum absolute atomic E-state index is 11.8. The molecule has 112 valence electrons. The Morgan fingerprint density at radius 3 is 2.45 bits per heavy atom. The van der Waals surface area contributed by atoms with E-state index in [9.17, 15) is 4.79 Å². The van der Waals surface area contributed by atoms with Gasteiger partial charge in [0.1, 0.15) is 0 Å². The van der Waals surface area contributed by atoms with Crippen molar-refractivity contribution in [1.29, 1.82) is 0 Å². The van der Waals surface area contributed by atoms with Crippen molar-refractivity contribution in [1.82, 2.24) is 5.32 Å². The summed E-state index contributed by atoms with van der Waals surface area (Å²) in [4.78, 5) is 11.8. The molecule has 0 bridgehead atoms. The summed E-state index contributed by atoms with van der Waals surface area (Å²) in [7, 11) is 3.17. The van der Waals surface area contributed by atoms with E-state index >= 15 is 0 Å². The van der Waals surface area contributed by atoms with Gasteiger partial charge in [0.25, 0.3) is 0 Å². The van der Waals surface area contributed by atoms with E-state index in [4.69, 9.17) is 15.2 Å². The Morgan fingerprint density at radius 2 is 1.90 bits per heavy atom. The average Bonchev–Trinajstić information content (AvgIpc) is 2.43. The Labute approximate surface area is 120 Å². The topological polar surface area (TPSA) is 73.6 Å². The number of hydrogen-bond acceptors (Lipinski definition) is 4. The first-order chi connectivity index (χ1) is 9.47. The van der Waals surface area contributed by atoms with Crippen molar-refractivity contribution in [3.8, 4) is 11.5 Å². The summed E-state index contributed by atoms with van der Waals surface area (Å²) in [5.41, 5.74) is 6.77. The van der Waals surface area contributed by atoms with Crippen LogP contribution >= 0.6 is 0 Å². The third kappa shape index (κ3) is 4.74. The molecule has 0 spiro atoms. The maximum Gasteiger partial charge on any atom is 0.237 e. The van der Waals surface area contributed by atoms with Gasteiger partial charge in [0, 0.05) is 6.54 Å². The van der Waals surface area contributed by atoms with Gasteiger partial charge in [-0.05, 0) is 30.0 Å². The van der Waals surface area contributed by atoms with Crippen LogP contribution < -0.4 is 20.5 Å². The largest absolute Gasteiger partial charge is 0.493 e. The molecule has 5 heteroatoms. The van der Waals surface area contributed by atoms with E-state index in [1.165, 1.54) is 0 Å². The lowest BCUT2D eigenvalue weighted by atomic mass is 10.0. The van der Waals surface area contributed by atoms with Crippen LogP contribution in [-0.2, 0) is 11.3 Å². The number of nitrogens with two attached hydrogens (primary N) is 1. The second kappa shape index (κ2) is 7.75. The summed E-state index contributed by atoms with van der Waals surface area (Å²) >= 11 is 0. The molecule has 0 aliphatic rings. The molecule has 1 aromatic rings. The number of carbonyl (C=O) groups excluding carboxylic acids is 1. The maximum atomic E-state index is 11.8. The fraction of sp³-hybridized carbons (Fsp3) is 0.533. The Bertz CT molecular complexity index is 447. The van der Waals surface area contributed by atoms with E-state index in [0.29, 0.717) is 30.4 Å². The zero-order valence-electron chi connectivity index (χ0n) is 12.6. The smallest absolute Gasteiger partial charge is 0.237 e. The normalized spacial score (nSPS) is 12.1. The Morgan fingerprint density at radius 1 is 1.25 bits per heavy atom. The summed E-state index contributed by atoms with van der Waals surface area (Å²) in [6.45, 7) is 4.51. The van der Waals surface area contributed by atoms with Gasteiger partial charge in [0.15, 0.2) is 11.5 Å². The monoisotopic (exact) mass is 280 g/mol. The molecule has 0 unspecified atom stereocenters. The predicted octanol–water partition coefficient (Wildman–Crippen LogP) is 1.69. The minimum atomic E-state index is -0.463. The highest BCUT2D eigenvalue weighted by Gasteiger charge is 2.14. The highest BCUT2D eigenvalue weighted by Crippen LogP contribution is 2.27. The predicted molar refractivity (Wildman–Crippen MR) is 78.8 cm³/mol. The molecule has 0 aliphatic carbocycles. The lowest BCUT2D eigenvalue weighted by molar-refractivity contribution is -0.122. The SMILES string of the molecule is COc1ccc(CNC(=O)[C@@H](N)CC(C)C)cc1OC. The number of benzene rings is 1. The highest BCUT2D eigenvalue weighted by atomic mass is 16.5. The molecule has 1 aromatic carbocycles. The van der Waals surface area contributed by atoms with E-state index < -0.39 is 6.04 Å². The van der Waals surface area contributed by atoms with Crippen LogP contribution in [0.1, 0.15) is 25.8 Å². The van der Waals surface area contributed by atoms with Crippen molar-refractivity contribution in [3.63, 3.8) is 0 Å². The second-order valence-electron chi connectivity index (χ2n) is 5.14. The Balaban J connectivity index is 2.59. The van der Waals surface area contributed by atoms with Gasteiger partial charge in [-0.25, -0.2) is 0 Å². The van der Waals surface area contributed by atoms with Gasteiger partial charge in [-0.2, -0.15) is 0 Å². The van der Waals surface area contributed by atoms with Gasteiger partial charge in [-0.15, -0.1) is 0 Å². The molecule has 5 nitrogen and oxygen atoms in total. The molecule has 0 aromatic heterocycles. The molecular formula is C15H24N2O3. The van der Waals surface area contributed by atoms with Crippen molar-refractivity contribution < 1.29 is 14.3 Å². The second-order valence-corrected chi connectivity index (χ2v) is 5.14. The van der Waals surface area contributed by atoms with Crippen LogP contribution in [0.15, 0.2) is 18.2 Å². The van der Waals surface area contributed by atoms with E-state index in [1.54, 1.807) is 14.2 Å². The van der Waals surface area contributed by atoms with Gasteiger partial charge in [0.05, 0.1) is 20.3 Å². The summed E-state index contributed by atoms with van der Waals surface area (Å²) in [5, 5.41) is 2.83. The van der Waals surface area contributed by atoms with Crippen LogP contribution in [0, 0.1) is 5.92 Å². The molecule has 1 atom stereocenters. The van der Waals surface area contributed by atoms with Crippen LogP contribution in [-0.4, -0.2) is 26.2 Å². The molecule has 20 heavy (non-hydrogen) atoms. The van der Waals surface area contributed by atoms with Gasteiger partial charge < -0.3 is 20.5 Å². The van der Waals surface area contributed by atoms with Crippen LogP contribution in [0.3, 0.4) is 0 Å². The lowest BCUT2D eigenvalue weighted by Gasteiger charge is -2.15. The zero-order valence-corrected chi connectivity index (χ0v) is 12.6. The minimum absolute atomic E-state index is 0.131. The van der Waals surface area contributed by atoms with E-state index in [2.05, 4.69) is 5.32 Å². The quantitative estimate of drug-likeness (QED) is 0.797. The summed E-state index contributed by atoms with van der Waals surface area (Å²) in [6, 6.07) is 5.08. The van der Waals surface area contributed by atoms with Crippen LogP contribution in [0.5, 0.6) is 11.5 Å². The van der Waals surface area contributed by atoms with Gasteiger partial charge in [-0.3, -0.25) is 4.79 Å². The molecule has 1 amide bonds. The molecule has 0 radical (unpaired) electrons. The third-order valence-electron chi connectivity index (χ3n) is 2.98. The molecule has 3 N–H and O–H groups in total. The molecule has 1 rings (SSSR count). The summed E-state index contributed by atoms with van der Waals surface area (Å²) in [5.74, 6) is 1.58. The standard InChI is InChI=1S/C15H24N2O3/c1-10(2)7-12(16)15(18)17-9-11-5-6-13(19-3)14(8-11)20-4/h5-6,8,10,12H,7,9,16H2,1-4H3,(H,17,18)/t12-/m0/s1. The fourth-order valence-corrected chi connectivity index (χ4v) is 1.93. The number of ether oxygens (including phenoxy) is 2. The first kappa shape index (κ1) is 16.3. The van der Waals surface area contributed by atoms with Crippen molar-refractivity contribution in [3.05, 3.63) is 23.8 Å². The van der Waals surface area contributed by atoms with Crippen LogP contribution in [0.25, 0.3) is 0 Å². The van der Waals surface area contributed by atoms with Crippen LogP contribution in [0.2, 0.25) is 0 Å². The number of carbonyl (C=O) groups is 1. The summed E-state index contributed by atoms with van der Waals surface area (Å²) < 4.78 is 10.4. The Hall–Kier alpha value is -1.75. The molecule has 0 aliphatic heterocycles. The molecule has 0 saturated carbocycles. The zero-order chi connectivity index (χ0) is 15.1. The van der Waals surface area contributed by atoms with E-state index in [-0.39, 0.29) is 5.91 Å². The van der Waals surface area contributed by atoms with Gasteiger partial charge >= 0.3 is 0 Å². The molecule has 0 heterocycles. The van der Waals surface area contributed by atoms with Crippen molar-refractivity contribution >= 4 is 5.91 Å². The number of nitrogens with one attached hydrogen (secondary N) is 1. The minimum Gasteiger partial charge on any atom is -0.493 e. The highest BCUT2D eigenvalue weighted by molar-refractivity contribution is 5.81.